The van der Waals surface area contributed by atoms with E-state index >= 15 is 0 Å². The highest BCUT2D eigenvalue weighted by atomic mass is 16.3. The Kier molecular flexibility index (Phi) is 3.23. The minimum absolute atomic E-state index is 0.00676. The number of aromatic hydroxyl groups is 2. The number of rotatable bonds is 2. The molecule has 1 heterocycles. The van der Waals surface area contributed by atoms with Crippen LogP contribution in [0.1, 0.15) is 17.0 Å². The third kappa shape index (κ3) is 2.82. The highest BCUT2D eigenvalue weighted by Crippen LogP contribution is 2.21. The lowest BCUT2D eigenvalue weighted by Crippen LogP contribution is -1.90. The molecule has 0 spiro atoms. The van der Waals surface area contributed by atoms with E-state index in [4.69, 9.17) is 5.11 Å². The molecule has 0 atom stereocenters. The van der Waals surface area contributed by atoms with Gasteiger partial charge in [-0.1, -0.05) is 0 Å². The molecular weight excluding hydrogens is 230 g/mol. The highest BCUT2D eigenvalue weighted by molar-refractivity contribution is 5.85. The summed E-state index contributed by atoms with van der Waals surface area (Å²) >= 11 is 0. The van der Waals surface area contributed by atoms with Gasteiger partial charge in [0, 0.05) is 29.2 Å². The summed E-state index contributed by atoms with van der Waals surface area (Å²) in [5, 5.41) is 18.8. The van der Waals surface area contributed by atoms with Crippen LogP contribution < -0.4 is 0 Å². The van der Waals surface area contributed by atoms with Gasteiger partial charge in [-0.25, -0.2) is 15.0 Å². The molecule has 0 saturated carbocycles. The Bertz CT molecular complexity index is 589. The number of phenols is 2. The van der Waals surface area contributed by atoms with E-state index < -0.39 is 0 Å². The standard InChI is InChI=1S/C13H13N3O2/c1-8-5-9(2)16-13(15-8)14-7-10-3-4-11(17)6-12(10)18/h3-7,17-18H,1-2H3/b14-7+. The fraction of sp³-hybridized carbons (Fsp3) is 0.154. The molecule has 2 rings (SSSR count). The van der Waals surface area contributed by atoms with Crippen LogP contribution in [0.3, 0.4) is 0 Å². The second-order valence-electron chi connectivity index (χ2n) is 3.95. The van der Waals surface area contributed by atoms with Crippen molar-refractivity contribution in [3.8, 4) is 11.5 Å². The maximum Gasteiger partial charge on any atom is 0.249 e. The van der Waals surface area contributed by atoms with Crippen LogP contribution in [0.4, 0.5) is 5.95 Å². The molecule has 0 aliphatic carbocycles. The lowest BCUT2D eigenvalue weighted by Gasteiger charge is -2.00. The summed E-state index contributed by atoms with van der Waals surface area (Å²) in [7, 11) is 0. The predicted octanol–water partition coefficient (Wildman–Crippen LogP) is 2.26. The van der Waals surface area contributed by atoms with Gasteiger partial charge in [0.15, 0.2) is 0 Å². The summed E-state index contributed by atoms with van der Waals surface area (Å²) in [5.74, 6) is 0.315. The van der Waals surface area contributed by atoms with E-state index in [2.05, 4.69) is 15.0 Å². The molecule has 0 fully saturated rings. The van der Waals surface area contributed by atoms with E-state index in [0.717, 1.165) is 11.4 Å². The van der Waals surface area contributed by atoms with Crippen molar-refractivity contribution in [2.24, 2.45) is 4.99 Å². The Morgan fingerprint density at radius 3 is 2.33 bits per heavy atom. The maximum atomic E-state index is 9.59. The average molecular weight is 243 g/mol. The van der Waals surface area contributed by atoms with Crippen LogP contribution in [0.5, 0.6) is 11.5 Å². The molecule has 0 bridgehead atoms. The first kappa shape index (κ1) is 12.0. The number of aryl methyl sites for hydroxylation is 2. The molecule has 5 heteroatoms. The summed E-state index contributed by atoms with van der Waals surface area (Å²) < 4.78 is 0. The smallest absolute Gasteiger partial charge is 0.249 e. The molecule has 0 amide bonds. The van der Waals surface area contributed by atoms with Crippen LogP contribution in [-0.2, 0) is 0 Å². The SMILES string of the molecule is Cc1cc(C)nc(/N=C/c2ccc(O)cc2O)n1. The van der Waals surface area contributed by atoms with Gasteiger partial charge in [-0.2, -0.15) is 0 Å². The lowest BCUT2D eigenvalue weighted by molar-refractivity contribution is 0.450. The van der Waals surface area contributed by atoms with E-state index in [9.17, 15) is 5.11 Å². The van der Waals surface area contributed by atoms with Crippen molar-refractivity contribution >= 4 is 12.2 Å². The minimum atomic E-state index is -0.0388. The summed E-state index contributed by atoms with van der Waals surface area (Å²) in [5.41, 5.74) is 2.17. The van der Waals surface area contributed by atoms with Gasteiger partial charge in [-0.3, -0.25) is 0 Å². The Balaban J connectivity index is 2.29. The number of aromatic nitrogens is 2. The minimum Gasteiger partial charge on any atom is -0.508 e. The molecule has 0 radical (unpaired) electrons. The number of aliphatic imine (C=N–C) groups is 1. The summed E-state index contributed by atoms with van der Waals surface area (Å²) in [6.07, 6.45) is 1.46. The topological polar surface area (TPSA) is 78.6 Å². The van der Waals surface area contributed by atoms with Crippen molar-refractivity contribution in [2.75, 3.05) is 0 Å². The van der Waals surface area contributed by atoms with Crippen LogP contribution >= 0.6 is 0 Å². The molecule has 0 aliphatic rings. The third-order valence-electron chi connectivity index (χ3n) is 2.30. The molecule has 0 saturated heterocycles. The Morgan fingerprint density at radius 1 is 1.06 bits per heavy atom. The van der Waals surface area contributed by atoms with E-state index in [1.54, 1.807) is 6.07 Å². The predicted molar refractivity (Wildman–Crippen MR) is 68.5 cm³/mol. The molecule has 0 aliphatic heterocycles. The summed E-state index contributed by atoms with van der Waals surface area (Å²) in [4.78, 5) is 12.4. The molecule has 2 N–H and O–H groups in total. The van der Waals surface area contributed by atoms with Crippen molar-refractivity contribution in [1.29, 1.82) is 0 Å². The molecule has 5 nitrogen and oxygen atoms in total. The third-order valence-corrected chi connectivity index (χ3v) is 2.30. The molecule has 92 valence electrons. The van der Waals surface area contributed by atoms with Gasteiger partial charge in [0.25, 0.3) is 0 Å². The fourth-order valence-electron chi connectivity index (χ4n) is 1.53. The van der Waals surface area contributed by atoms with Gasteiger partial charge in [-0.05, 0) is 32.0 Å². The summed E-state index contributed by atoms with van der Waals surface area (Å²) in [6, 6.07) is 6.15. The Labute approximate surface area is 105 Å². The number of nitrogens with zero attached hydrogens (tertiary/aromatic N) is 3. The van der Waals surface area contributed by atoms with Crippen molar-refractivity contribution in [3.63, 3.8) is 0 Å². The van der Waals surface area contributed by atoms with E-state index in [1.807, 2.05) is 19.9 Å². The highest BCUT2D eigenvalue weighted by Gasteiger charge is 2.00. The van der Waals surface area contributed by atoms with Crippen molar-refractivity contribution in [2.45, 2.75) is 13.8 Å². The Hall–Kier alpha value is -2.43. The van der Waals surface area contributed by atoms with Gasteiger partial charge in [0.1, 0.15) is 11.5 Å². The maximum absolute atomic E-state index is 9.59. The number of phenolic OH excluding ortho intramolecular Hbond substituents is 2. The van der Waals surface area contributed by atoms with Crippen molar-refractivity contribution in [1.82, 2.24) is 9.97 Å². The molecule has 2 aromatic rings. The van der Waals surface area contributed by atoms with Crippen molar-refractivity contribution in [3.05, 3.63) is 41.2 Å². The zero-order chi connectivity index (χ0) is 13.1. The fourth-order valence-corrected chi connectivity index (χ4v) is 1.53. The van der Waals surface area contributed by atoms with Gasteiger partial charge in [0.2, 0.25) is 5.95 Å². The monoisotopic (exact) mass is 243 g/mol. The number of hydrogen-bond donors (Lipinski definition) is 2. The van der Waals surface area contributed by atoms with Gasteiger partial charge in [-0.15, -0.1) is 0 Å². The van der Waals surface area contributed by atoms with Crippen LogP contribution in [0.25, 0.3) is 0 Å². The average Bonchev–Trinajstić information content (AvgIpc) is 2.26. The van der Waals surface area contributed by atoms with Crippen LogP contribution in [-0.4, -0.2) is 26.4 Å². The van der Waals surface area contributed by atoms with Crippen LogP contribution in [0.15, 0.2) is 29.3 Å². The normalized spacial score (nSPS) is 11.0. The zero-order valence-corrected chi connectivity index (χ0v) is 10.1. The first-order valence-electron chi connectivity index (χ1n) is 5.43. The molecule has 1 aromatic carbocycles. The quantitative estimate of drug-likeness (QED) is 0.793. The first-order valence-corrected chi connectivity index (χ1v) is 5.43. The van der Waals surface area contributed by atoms with Crippen LogP contribution in [0, 0.1) is 13.8 Å². The van der Waals surface area contributed by atoms with Gasteiger partial charge < -0.3 is 10.2 Å². The zero-order valence-electron chi connectivity index (χ0n) is 10.1. The number of benzene rings is 1. The van der Waals surface area contributed by atoms with E-state index in [1.165, 1.54) is 18.3 Å². The summed E-state index contributed by atoms with van der Waals surface area (Å²) in [6.45, 7) is 3.73. The largest absolute Gasteiger partial charge is 0.508 e. The molecule has 18 heavy (non-hydrogen) atoms. The molecule has 1 aromatic heterocycles. The van der Waals surface area contributed by atoms with Crippen molar-refractivity contribution < 1.29 is 10.2 Å². The van der Waals surface area contributed by atoms with Gasteiger partial charge in [0.05, 0.1) is 0 Å². The second-order valence-corrected chi connectivity index (χ2v) is 3.95. The number of hydrogen-bond acceptors (Lipinski definition) is 5. The first-order chi connectivity index (χ1) is 8.54. The van der Waals surface area contributed by atoms with E-state index in [-0.39, 0.29) is 11.5 Å². The second kappa shape index (κ2) is 4.83. The molecule has 0 unspecified atom stereocenters. The lowest BCUT2D eigenvalue weighted by atomic mass is 10.2. The Morgan fingerprint density at radius 2 is 1.72 bits per heavy atom. The van der Waals surface area contributed by atoms with E-state index in [0.29, 0.717) is 11.5 Å². The van der Waals surface area contributed by atoms with Gasteiger partial charge >= 0.3 is 0 Å². The van der Waals surface area contributed by atoms with Crippen LogP contribution in [0.2, 0.25) is 0 Å². The molecular formula is C13H13N3O2.